The van der Waals surface area contributed by atoms with E-state index in [4.69, 9.17) is 9.47 Å². The van der Waals surface area contributed by atoms with E-state index in [-0.39, 0.29) is 0 Å². The van der Waals surface area contributed by atoms with Crippen LogP contribution in [0.4, 0.5) is 10.5 Å². The van der Waals surface area contributed by atoms with Crippen LogP contribution in [-0.4, -0.2) is 35.9 Å². The van der Waals surface area contributed by atoms with Crippen molar-refractivity contribution in [1.29, 1.82) is 0 Å². The van der Waals surface area contributed by atoms with Crippen molar-refractivity contribution in [2.75, 3.05) is 11.9 Å². The quantitative estimate of drug-likeness (QED) is 0.568. The number of nitrogens with zero attached hydrogens (tertiary/aromatic N) is 2. The number of hydrogen-bond acceptors (Lipinski definition) is 4. The van der Waals surface area contributed by atoms with Gasteiger partial charge in [0.2, 0.25) is 0 Å². The highest BCUT2D eigenvalue weighted by Gasteiger charge is 2.18. The molecule has 0 aliphatic rings. The highest BCUT2D eigenvalue weighted by Crippen LogP contribution is 2.25. The molecule has 0 saturated heterocycles. The molecule has 0 saturated carbocycles. The predicted octanol–water partition coefficient (Wildman–Crippen LogP) is 5.00. The Morgan fingerprint density at radius 3 is 2.62 bits per heavy atom. The van der Waals surface area contributed by atoms with E-state index in [1.807, 2.05) is 44.5 Å². The lowest BCUT2D eigenvalue weighted by atomic mass is 10.2. The summed E-state index contributed by atoms with van der Waals surface area (Å²) in [5.74, 6) is 0. The molecule has 144 valence electrons. The zero-order valence-electron chi connectivity index (χ0n) is 17.0. The molecule has 1 N–H and O–H groups in total. The summed E-state index contributed by atoms with van der Waals surface area (Å²) >= 11 is 0. The van der Waals surface area contributed by atoms with Gasteiger partial charge in [-0.25, -0.2) is 4.79 Å². The van der Waals surface area contributed by atoms with Crippen LogP contribution in [0.15, 0.2) is 18.5 Å². The molecular weight excluding hydrogens is 346 g/mol. The summed E-state index contributed by atoms with van der Waals surface area (Å²) in [6.07, 6.45) is 3.15. The molecule has 2 aromatic heterocycles. The Bertz CT molecular complexity index is 773. The maximum absolute atomic E-state index is 12.1. The second-order valence-electron chi connectivity index (χ2n) is 8.79. The van der Waals surface area contributed by atoms with Crippen LogP contribution >= 0.6 is 0 Å². The Labute approximate surface area is 156 Å². The van der Waals surface area contributed by atoms with Crippen molar-refractivity contribution in [3.8, 4) is 0 Å². The zero-order chi connectivity index (χ0) is 19.5. The summed E-state index contributed by atoms with van der Waals surface area (Å²) in [5, 5.41) is 2.79. The molecule has 0 aliphatic heterocycles. The SMILES string of the molecule is Cc1c(NC(=O)OC(C)(C)C)cnc2ccn(COCC[Si](C)(C)C)c12. The van der Waals surface area contributed by atoms with Gasteiger partial charge in [0.15, 0.2) is 0 Å². The Hall–Kier alpha value is -1.86. The standard InChI is InChI=1S/C19H31N3O3Si/c1-14-16(21-18(23)25-19(2,3)4)12-20-15-8-9-22(17(14)15)13-24-10-11-26(5,6)7/h8-9,12H,10-11,13H2,1-7H3,(H,21,23). The van der Waals surface area contributed by atoms with Gasteiger partial charge in [0.05, 0.1) is 22.9 Å². The first-order valence-corrected chi connectivity index (χ1v) is 12.7. The Balaban J connectivity index is 2.12. The summed E-state index contributed by atoms with van der Waals surface area (Å²) in [4.78, 5) is 16.5. The van der Waals surface area contributed by atoms with E-state index in [0.717, 1.165) is 29.2 Å². The van der Waals surface area contributed by atoms with Crippen LogP contribution in [0.25, 0.3) is 11.0 Å². The van der Waals surface area contributed by atoms with Crippen LogP contribution in [0.1, 0.15) is 26.3 Å². The Morgan fingerprint density at radius 2 is 2.00 bits per heavy atom. The van der Waals surface area contributed by atoms with Gasteiger partial charge in [0.1, 0.15) is 12.3 Å². The molecule has 6 nitrogen and oxygen atoms in total. The fraction of sp³-hybridized carbons (Fsp3) is 0.579. The summed E-state index contributed by atoms with van der Waals surface area (Å²) in [7, 11) is -1.10. The molecule has 0 bridgehead atoms. The fourth-order valence-electron chi connectivity index (χ4n) is 2.52. The second-order valence-corrected chi connectivity index (χ2v) is 14.4. The van der Waals surface area contributed by atoms with Crippen molar-refractivity contribution in [2.45, 2.75) is 65.7 Å². The largest absolute Gasteiger partial charge is 0.444 e. The predicted molar refractivity (Wildman–Crippen MR) is 108 cm³/mol. The van der Waals surface area contributed by atoms with E-state index in [9.17, 15) is 4.79 Å². The fourth-order valence-corrected chi connectivity index (χ4v) is 3.28. The van der Waals surface area contributed by atoms with Crippen molar-refractivity contribution < 1.29 is 14.3 Å². The number of ether oxygens (including phenoxy) is 2. The summed E-state index contributed by atoms with van der Waals surface area (Å²) in [6.45, 7) is 15.7. The summed E-state index contributed by atoms with van der Waals surface area (Å²) in [6, 6.07) is 3.09. The topological polar surface area (TPSA) is 65.4 Å². The van der Waals surface area contributed by atoms with Crippen LogP contribution in [0.5, 0.6) is 0 Å². The average Bonchev–Trinajstić information content (AvgIpc) is 2.87. The number of pyridine rings is 1. The molecule has 2 rings (SSSR count). The number of carbonyl (C=O) groups is 1. The number of aromatic nitrogens is 2. The maximum Gasteiger partial charge on any atom is 0.412 e. The van der Waals surface area contributed by atoms with Gasteiger partial charge in [-0.2, -0.15) is 0 Å². The van der Waals surface area contributed by atoms with Gasteiger partial charge in [-0.05, 0) is 39.8 Å². The van der Waals surface area contributed by atoms with Gasteiger partial charge in [0, 0.05) is 26.4 Å². The van der Waals surface area contributed by atoms with Gasteiger partial charge in [0.25, 0.3) is 0 Å². The van der Waals surface area contributed by atoms with Crippen LogP contribution in [0, 0.1) is 6.92 Å². The Kier molecular flexibility index (Phi) is 6.13. The molecule has 1 amide bonds. The third-order valence-corrected chi connectivity index (χ3v) is 5.60. The van der Waals surface area contributed by atoms with E-state index in [1.165, 1.54) is 0 Å². The van der Waals surface area contributed by atoms with Crippen LogP contribution in [0.3, 0.4) is 0 Å². The first-order valence-electron chi connectivity index (χ1n) is 8.98. The lowest BCUT2D eigenvalue weighted by molar-refractivity contribution is 0.0636. The monoisotopic (exact) mass is 377 g/mol. The number of hydrogen-bond donors (Lipinski definition) is 1. The minimum Gasteiger partial charge on any atom is -0.444 e. The number of anilines is 1. The minimum absolute atomic E-state index is 0.479. The van der Waals surface area contributed by atoms with Gasteiger partial charge in [-0.3, -0.25) is 10.3 Å². The molecule has 7 heteroatoms. The van der Waals surface area contributed by atoms with E-state index >= 15 is 0 Å². The lowest BCUT2D eigenvalue weighted by Crippen LogP contribution is -2.27. The number of rotatable bonds is 6. The van der Waals surface area contributed by atoms with Crippen LogP contribution in [0.2, 0.25) is 25.7 Å². The third-order valence-electron chi connectivity index (χ3n) is 3.90. The third kappa shape index (κ3) is 5.84. The van der Waals surface area contributed by atoms with E-state index < -0.39 is 19.8 Å². The van der Waals surface area contributed by atoms with E-state index in [1.54, 1.807) is 6.20 Å². The summed E-state index contributed by atoms with van der Waals surface area (Å²) in [5.41, 5.74) is 2.89. The van der Waals surface area contributed by atoms with Crippen molar-refractivity contribution in [2.24, 2.45) is 0 Å². The van der Waals surface area contributed by atoms with Gasteiger partial charge < -0.3 is 14.0 Å². The summed E-state index contributed by atoms with van der Waals surface area (Å²) < 4.78 is 13.2. The first kappa shape index (κ1) is 20.4. The molecule has 2 aromatic rings. The molecule has 26 heavy (non-hydrogen) atoms. The molecule has 0 fully saturated rings. The Morgan fingerprint density at radius 1 is 1.31 bits per heavy atom. The molecule has 0 spiro atoms. The van der Waals surface area contributed by atoms with E-state index in [0.29, 0.717) is 12.4 Å². The second kappa shape index (κ2) is 7.80. The molecule has 0 unspecified atom stereocenters. The van der Waals surface area contributed by atoms with Crippen molar-refractivity contribution in [3.63, 3.8) is 0 Å². The van der Waals surface area contributed by atoms with E-state index in [2.05, 4.69) is 29.9 Å². The van der Waals surface area contributed by atoms with Gasteiger partial charge in [-0.15, -0.1) is 0 Å². The highest BCUT2D eigenvalue weighted by molar-refractivity contribution is 6.76. The first-order chi connectivity index (χ1) is 12.0. The highest BCUT2D eigenvalue weighted by atomic mass is 28.3. The average molecular weight is 378 g/mol. The number of fused-ring (bicyclic) bond motifs is 1. The van der Waals surface area contributed by atoms with Crippen LogP contribution < -0.4 is 5.32 Å². The minimum atomic E-state index is -1.10. The molecule has 0 atom stereocenters. The molecular formula is C19H31N3O3Si. The number of carbonyl (C=O) groups excluding carboxylic acids is 1. The van der Waals surface area contributed by atoms with Crippen molar-refractivity contribution >= 4 is 30.9 Å². The molecule has 0 radical (unpaired) electrons. The van der Waals surface area contributed by atoms with Gasteiger partial charge in [-0.1, -0.05) is 19.6 Å². The van der Waals surface area contributed by atoms with Gasteiger partial charge >= 0.3 is 6.09 Å². The normalized spacial score (nSPS) is 12.4. The molecule has 2 heterocycles. The number of nitrogens with one attached hydrogen (secondary N) is 1. The number of aryl methyl sites for hydroxylation is 1. The van der Waals surface area contributed by atoms with Crippen molar-refractivity contribution in [3.05, 3.63) is 24.0 Å². The van der Waals surface area contributed by atoms with Crippen molar-refractivity contribution in [1.82, 2.24) is 9.55 Å². The van der Waals surface area contributed by atoms with Crippen LogP contribution in [-0.2, 0) is 16.2 Å². The maximum atomic E-state index is 12.1. The molecule has 0 aromatic carbocycles. The zero-order valence-corrected chi connectivity index (χ0v) is 18.0. The number of amides is 1. The smallest absolute Gasteiger partial charge is 0.412 e. The molecule has 0 aliphatic carbocycles. The lowest BCUT2D eigenvalue weighted by Gasteiger charge is -2.20.